The Balaban J connectivity index is 2.03. The fourth-order valence-electron chi connectivity index (χ4n) is 2.10. The maximum Gasteiger partial charge on any atom is 0.340 e. The lowest BCUT2D eigenvalue weighted by atomic mass is 10.1. The number of likely N-dealkylation sites (N-methyl/N-ethyl adjacent to an activating group) is 1. The molecule has 0 radical (unpaired) electrons. The number of carboxylic acids is 1. The molecule has 0 amide bonds. The van der Waals surface area contributed by atoms with Crippen LogP contribution in [0, 0.1) is 5.82 Å². The fraction of sp³-hybridized carbons (Fsp3) is 0.462. The van der Waals surface area contributed by atoms with E-state index >= 15 is 0 Å². The normalized spacial score (nSPS) is 20.2. The maximum absolute atomic E-state index is 13.5. The van der Waals surface area contributed by atoms with Gasteiger partial charge in [0.1, 0.15) is 11.4 Å². The Hall–Kier alpha value is -1.66. The van der Waals surface area contributed by atoms with E-state index in [9.17, 15) is 9.18 Å². The van der Waals surface area contributed by atoms with Crippen molar-refractivity contribution in [2.45, 2.75) is 6.10 Å². The lowest BCUT2D eigenvalue weighted by Crippen LogP contribution is -2.43. The lowest BCUT2D eigenvalue weighted by molar-refractivity contribution is -0.0117. The van der Waals surface area contributed by atoms with Crippen molar-refractivity contribution < 1.29 is 19.0 Å². The number of carbonyl (C=O) groups is 1. The van der Waals surface area contributed by atoms with Gasteiger partial charge < -0.3 is 20.1 Å². The number of nitrogens with one attached hydrogen (secondary N) is 1. The average Bonchev–Trinajstić information content (AvgIpc) is 2.36. The van der Waals surface area contributed by atoms with Crippen LogP contribution in [0.3, 0.4) is 0 Å². The van der Waals surface area contributed by atoms with Crippen molar-refractivity contribution in [2.24, 2.45) is 0 Å². The van der Waals surface area contributed by atoms with Crippen LogP contribution >= 0.6 is 0 Å². The first kappa shape index (κ1) is 13.8. The summed E-state index contributed by atoms with van der Waals surface area (Å²) in [7, 11) is 2.00. The molecule has 104 valence electrons. The molecular formula is C13H17FN2O3. The molecule has 2 rings (SSSR count). The Bertz CT molecular complexity index is 467. The molecule has 1 fully saturated rings. The minimum absolute atomic E-state index is 0.0244. The summed E-state index contributed by atoms with van der Waals surface area (Å²) in [6.45, 7) is 2.76. The maximum atomic E-state index is 13.5. The van der Waals surface area contributed by atoms with Crippen LogP contribution in [0.15, 0.2) is 18.2 Å². The predicted octanol–water partition coefficient (Wildman–Crippen LogP) is 1.27. The van der Waals surface area contributed by atoms with Gasteiger partial charge in [0.05, 0.1) is 18.4 Å². The molecule has 1 aromatic rings. The van der Waals surface area contributed by atoms with Gasteiger partial charge in [-0.25, -0.2) is 9.18 Å². The zero-order chi connectivity index (χ0) is 13.8. The third-order valence-electron chi connectivity index (χ3n) is 3.09. The number of hydrogen-bond acceptors (Lipinski definition) is 4. The second kappa shape index (κ2) is 5.99. The monoisotopic (exact) mass is 268 g/mol. The van der Waals surface area contributed by atoms with Crippen molar-refractivity contribution in [2.75, 3.05) is 38.6 Å². The Morgan fingerprint density at radius 3 is 3.11 bits per heavy atom. The van der Waals surface area contributed by atoms with Gasteiger partial charge in [0, 0.05) is 19.6 Å². The lowest BCUT2D eigenvalue weighted by Gasteiger charge is -2.30. The number of aromatic carboxylic acids is 1. The van der Waals surface area contributed by atoms with Crippen LogP contribution in [-0.4, -0.2) is 55.4 Å². The van der Waals surface area contributed by atoms with E-state index in [1.54, 1.807) is 6.07 Å². The van der Waals surface area contributed by atoms with Crippen molar-refractivity contribution in [1.82, 2.24) is 4.90 Å². The van der Waals surface area contributed by atoms with Crippen molar-refractivity contribution in [3.8, 4) is 0 Å². The van der Waals surface area contributed by atoms with Gasteiger partial charge in [0.15, 0.2) is 0 Å². The highest BCUT2D eigenvalue weighted by molar-refractivity contribution is 5.94. The van der Waals surface area contributed by atoms with Crippen molar-refractivity contribution in [1.29, 1.82) is 0 Å². The van der Waals surface area contributed by atoms with Crippen LogP contribution in [0.25, 0.3) is 0 Å². The van der Waals surface area contributed by atoms with Crippen molar-refractivity contribution in [3.63, 3.8) is 0 Å². The number of hydrogen-bond donors (Lipinski definition) is 2. The van der Waals surface area contributed by atoms with E-state index in [0.29, 0.717) is 13.2 Å². The van der Waals surface area contributed by atoms with Crippen LogP contribution in [0.2, 0.25) is 0 Å². The van der Waals surface area contributed by atoms with E-state index < -0.39 is 11.8 Å². The number of rotatable bonds is 4. The van der Waals surface area contributed by atoms with Crippen LogP contribution in [0.5, 0.6) is 0 Å². The number of carboxylic acid groups (broad SMARTS) is 1. The number of anilines is 1. The molecule has 1 heterocycles. The van der Waals surface area contributed by atoms with Gasteiger partial charge in [-0.1, -0.05) is 6.07 Å². The van der Waals surface area contributed by atoms with E-state index in [0.717, 1.165) is 19.2 Å². The van der Waals surface area contributed by atoms with E-state index in [4.69, 9.17) is 9.84 Å². The predicted molar refractivity (Wildman–Crippen MR) is 69.1 cm³/mol. The van der Waals surface area contributed by atoms with E-state index in [1.807, 2.05) is 7.05 Å². The highest BCUT2D eigenvalue weighted by Gasteiger charge is 2.20. The molecule has 6 heteroatoms. The molecule has 0 bridgehead atoms. The smallest absolute Gasteiger partial charge is 0.340 e. The van der Waals surface area contributed by atoms with Gasteiger partial charge in [-0.15, -0.1) is 0 Å². The molecule has 1 saturated heterocycles. The second-order valence-electron chi connectivity index (χ2n) is 4.60. The van der Waals surface area contributed by atoms with Crippen LogP contribution in [-0.2, 0) is 4.74 Å². The second-order valence-corrected chi connectivity index (χ2v) is 4.60. The molecule has 0 spiro atoms. The van der Waals surface area contributed by atoms with E-state index in [1.165, 1.54) is 6.07 Å². The summed E-state index contributed by atoms with van der Waals surface area (Å²) in [5.74, 6) is -2.01. The van der Waals surface area contributed by atoms with Gasteiger partial charge in [0.2, 0.25) is 0 Å². The number of benzene rings is 1. The topological polar surface area (TPSA) is 61.8 Å². The molecule has 1 unspecified atom stereocenters. The first-order valence-electron chi connectivity index (χ1n) is 6.13. The molecule has 19 heavy (non-hydrogen) atoms. The molecule has 1 aromatic carbocycles. The Labute approximate surface area is 111 Å². The molecule has 0 saturated carbocycles. The van der Waals surface area contributed by atoms with Crippen molar-refractivity contribution >= 4 is 11.7 Å². The summed E-state index contributed by atoms with van der Waals surface area (Å²) in [5, 5.41) is 12.0. The van der Waals surface area contributed by atoms with Gasteiger partial charge >= 0.3 is 5.97 Å². The van der Waals surface area contributed by atoms with Gasteiger partial charge in [-0.3, -0.25) is 0 Å². The van der Waals surface area contributed by atoms with Crippen LogP contribution < -0.4 is 5.32 Å². The summed E-state index contributed by atoms with van der Waals surface area (Å²) >= 11 is 0. The molecule has 2 N–H and O–H groups in total. The quantitative estimate of drug-likeness (QED) is 0.861. The van der Waals surface area contributed by atoms with Gasteiger partial charge in [-0.05, 0) is 19.2 Å². The number of halogens is 1. The SMILES string of the molecule is CN1CCOC(CNc2cccc(F)c2C(=O)O)C1. The molecule has 0 aliphatic carbocycles. The zero-order valence-electron chi connectivity index (χ0n) is 10.7. The van der Waals surface area contributed by atoms with Gasteiger partial charge in [0.25, 0.3) is 0 Å². The largest absolute Gasteiger partial charge is 0.478 e. The highest BCUT2D eigenvalue weighted by Crippen LogP contribution is 2.19. The van der Waals surface area contributed by atoms with Gasteiger partial charge in [-0.2, -0.15) is 0 Å². The molecule has 1 aliphatic rings. The summed E-state index contributed by atoms with van der Waals surface area (Å²) in [5.41, 5.74) is -0.0454. The zero-order valence-corrected chi connectivity index (χ0v) is 10.7. The Morgan fingerprint density at radius 2 is 2.42 bits per heavy atom. The minimum Gasteiger partial charge on any atom is -0.478 e. The molecule has 1 atom stereocenters. The third-order valence-corrected chi connectivity index (χ3v) is 3.09. The number of morpholine rings is 1. The van der Waals surface area contributed by atoms with Crippen LogP contribution in [0.4, 0.5) is 10.1 Å². The summed E-state index contributed by atoms with van der Waals surface area (Å²) < 4.78 is 19.0. The highest BCUT2D eigenvalue weighted by atomic mass is 19.1. The minimum atomic E-state index is -1.28. The molecule has 5 nitrogen and oxygen atoms in total. The third kappa shape index (κ3) is 3.42. The molecule has 1 aliphatic heterocycles. The van der Waals surface area contributed by atoms with Crippen LogP contribution in [0.1, 0.15) is 10.4 Å². The first-order valence-corrected chi connectivity index (χ1v) is 6.13. The molecule has 0 aromatic heterocycles. The summed E-state index contributed by atoms with van der Waals surface area (Å²) in [6.07, 6.45) is -0.0244. The van der Waals surface area contributed by atoms with Crippen molar-refractivity contribution in [3.05, 3.63) is 29.6 Å². The molecular weight excluding hydrogens is 251 g/mol. The van der Waals surface area contributed by atoms with E-state index in [2.05, 4.69) is 10.2 Å². The fourth-order valence-corrected chi connectivity index (χ4v) is 2.10. The standard InChI is InChI=1S/C13H17FN2O3/c1-16-5-6-19-9(8-16)7-15-11-4-2-3-10(14)12(11)13(17)18/h2-4,9,15H,5-8H2,1H3,(H,17,18). The number of ether oxygens (including phenoxy) is 1. The average molecular weight is 268 g/mol. The Morgan fingerprint density at radius 1 is 1.63 bits per heavy atom. The first-order chi connectivity index (χ1) is 9.08. The Kier molecular flexibility index (Phi) is 4.34. The van der Waals surface area contributed by atoms with E-state index in [-0.39, 0.29) is 17.4 Å². The summed E-state index contributed by atoms with van der Waals surface area (Å²) in [4.78, 5) is 13.2. The summed E-state index contributed by atoms with van der Waals surface area (Å²) in [6, 6.07) is 4.18. The number of nitrogens with zero attached hydrogens (tertiary/aromatic N) is 1.